The first-order valence-corrected chi connectivity index (χ1v) is 7.73. The molecule has 0 saturated carbocycles. The first kappa shape index (κ1) is 13.1. The van der Waals surface area contributed by atoms with Crippen molar-refractivity contribution < 1.29 is 13.9 Å². The molecule has 0 fully saturated rings. The van der Waals surface area contributed by atoms with Gasteiger partial charge < -0.3 is 9.15 Å². The van der Waals surface area contributed by atoms with E-state index in [2.05, 4.69) is 16.4 Å². The number of benzene rings is 1. The lowest BCUT2D eigenvalue weighted by atomic mass is 10.1. The van der Waals surface area contributed by atoms with E-state index in [4.69, 9.17) is 9.15 Å². The number of anilines is 1. The molecular formula is C16H12N2O3S. The fourth-order valence-corrected chi connectivity index (χ4v) is 3.09. The van der Waals surface area contributed by atoms with Crippen LogP contribution in [0.3, 0.4) is 0 Å². The molecule has 0 spiro atoms. The molecule has 2 aromatic heterocycles. The van der Waals surface area contributed by atoms with Gasteiger partial charge in [-0.1, -0.05) is 0 Å². The highest BCUT2D eigenvalue weighted by molar-refractivity contribution is 7.14. The predicted octanol–water partition coefficient (Wildman–Crippen LogP) is 3.59. The molecule has 1 aliphatic rings. The van der Waals surface area contributed by atoms with Crippen molar-refractivity contribution in [2.45, 2.75) is 6.42 Å². The Kier molecular flexibility index (Phi) is 3.16. The number of carbonyl (C=O) groups is 1. The second-order valence-corrected chi connectivity index (χ2v) is 5.78. The topological polar surface area (TPSA) is 64.4 Å². The van der Waals surface area contributed by atoms with Crippen molar-refractivity contribution in [1.82, 2.24) is 4.98 Å². The lowest BCUT2D eigenvalue weighted by Crippen LogP contribution is -2.10. The van der Waals surface area contributed by atoms with Crippen LogP contribution in [0.4, 0.5) is 5.13 Å². The zero-order chi connectivity index (χ0) is 14.9. The maximum Gasteiger partial charge on any atom is 0.260 e. The molecule has 1 N–H and O–H groups in total. The van der Waals surface area contributed by atoms with E-state index in [9.17, 15) is 4.79 Å². The summed E-state index contributed by atoms with van der Waals surface area (Å²) in [5.41, 5.74) is 3.56. The molecule has 0 bridgehead atoms. The van der Waals surface area contributed by atoms with E-state index >= 15 is 0 Å². The molecule has 4 rings (SSSR count). The molecule has 3 aromatic rings. The molecule has 0 saturated heterocycles. The number of ether oxygens (including phenoxy) is 1. The minimum Gasteiger partial charge on any atom is -0.493 e. The van der Waals surface area contributed by atoms with Gasteiger partial charge in [-0.2, -0.15) is 0 Å². The Balaban J connectivity index is 1.55. The Hall–Kier alpha value is -2.60. The smallest absolute Gasteiger partial charge is 0.260 e. The van der Waals surface area contributed by atoms with Gasteiger partial charge >= 0.3 is 0 Å². The predicted molar refractivity (Wildman–Crippen MR) is 83.4 cm³/mol. The Labute approximate surface area is 130 Å². The van der Waals surface area contributed by atoms with Crippen molar-refractivity contribution >= 4 is 22.4 Å². The van der Waals surface area contributed by atoms with E-state index in [0.29, 0.717) is 10.7 Å². The van der Waals surface area contributed by atoms with Crippen molar-refractivity contribution in [2.75, 3.05) is 11.9 Å². The molecule has 0 unspecified atom stereocenters. The van der Waals surface area contributed by atoms with Gasteiger partial charge in [-0.3, -0.25) is 10.1 Å². The van der Waals surface area contributed by atoms with E-state index in [1.54, 1.807) is 6.07 Å². The van der Waals surface area contributed by atoms with Crippen LogP contribution in [0.15, 0.2) is 46.6 Å². The van der Waals surface area contributed by atoms with Crippen LogP contribution in [0, 0.1) is 0 Å². The highest BCUT2D eigenvalue weighted by Gasteiger charge is 2.15. The number of furan rings is 1. The third kappa shape index (κ3) is 2.37. The number of fused-ring (bicyclic) bond motifs is 1. The quantitative estimate of drug-likeness (QED) is 0.802. The zero-order valence-corrected chi connectivity index (χ0v) is 12.4. The maximum absolute atomic E-state index is 12.0. The van der Waals surface area contributed by atoms with Gasteiger partial charge in [0, 0.05) is 17.4 Å². The molecule has 0 radical (unpaired) electrons. The molecule has 22 heavy (non-hydrogen) atoms. The summed E-state index contributed by atoms with van der Waals surface area (Å²) in [5.74, 6) is 0.726. The molecule has 1 aromatic carbocycles. The number of hydrogen-bond donors (Lipinski definition) is 1. The van der Waals surface area contributed by atoms with Gasteiger partial charge in [-0.05, 0) is 29.8 Å². The SMILES string of the molecule is O=C(Nc1nc(-c2ccc3c(c2)CCO3)cs1)c1ccoc1. The molecule has 0 aliphatic carbocycles. The standard InChI is InChI=1S/C16H12N2O3S/c19-15(12-3-5-20-8-12)18-16-17-13(9-22-16)10-1-2-14-11(7-10)4-6-21-14/h1-3,5,7-9H,4,6H2,(H,17,18,19). The molecule has 110 valence electrons. The average Bonchev–Trinajstić information content (AvgIpc) is 3.27. The van der Waals surface area contributed by atoms with Crippen molar-refractivity contribution in [3.63, 3.8) is 0 Å². The Morgan fingerprint density at radius 1 is 1.32 bits per heavy atom. The van der Waals surface area contributed by atoms with E-state index in [0.717, 1.165) is 30.0 Å². The largest absolute Gasteiger partial charge is 0.493 e. The molecule has 6 heteroatoms. The number of nitrogens with one attached hydrogen (secondary N) is 1. The number of rotatable bonds is 3. The van der Waals surface area contributed by atoms with Crippen LogP contribution in [0.25, 0.3) is 11.3 Å². The van der Waals surface area contributed by atoms with Gasteiger partial charge in [-0.15, -0.1) is 11.3 Å². The molecule has 5 nitrogen and oxygen atoms in total. The van der Waals surface area contributed by atoms with Crippen LogP contribution in [-0.2, 0) is 6.42 Å². The van der Waals surface area contributed by atoms with Crippen LogP contribution in [-0.4, -0.2) is 17.5 Å². The summed E-state index contributed by atoms with van der Waals surface area (Å²) in [6.45, 7) is 0.738. The number of amides is 1. The summed E-state index contributed by atoms with van der Waals surface area (Å²) >= 11 is 1.40. The molecular weight excluding hydrogens is 300 g/mol. The van der Waals surface area contributed by atoms with Crippen LogP contribution >= 0.6 is 11.3 Å². The molecule has 3 heterocycles. The fraction of sp³-hybridized carbons (Fsp3) is 0.125. The van der Waals surface area contributed by atoms with Gasteiger partial charge in [-0.25, -0.2) is 4.98 Å². The zero-order valence-electron chi connectivity index (χ0n) is 11.5. The van der Waals surface area contributed by atoms with Crippen molar-refractivity contribution in [3.05, 3.63) is 53.3 Å². The number of nitrogens with zero attached hydrogens (tertiary/aromatic N) is 1. The Morgan fingerprint density at radius 2 is 2.27 bits per heavy atom. The van der Waals surface area contributed by atoms with Crippen LogP contribution < -0.4 is 10.1 Å². The summed E-state index contributed by atoms with van der Waals surface area (Å²) < 4.78 is 10.4. The number of hydrogen-bond acceptors (Lipinski definition) is 5. The first-order chi connectivity index (χ1) is 10.8. The van der Waals surface area contributed by atoms with E-state index in [1.165, 1.54) is 29.4 Å². The summed E-state index contributed by atoms with van der Waals surface area (Å²) in [5, 5.41) is 5.27. The normalized spacial score (nSPS) is 12.7. The third-order valence-electron chi connectivity index (χ3n) is 3.49. The number of thiazole rings is 1. The second-order valence-electron chi connectivity index (χ2n) is 4.93. The third-order valence-corrected chi connectivity index (χ3v) is 4.25. The minimum absolute atomic E-state index is 0.225. The van der Waals surface area contributed by atoms with Gasteiger partial charge in [0.05, 0.1) is 24.1 Å². The van der Waals surface area contributed by atoms with Crippen molar-refractivity contribution in [3.8, 4) is 17.0 Å². The maximum atomic E-state index is 12.0. The van der Waals surface area contributed by atoms with E-state index in [1.807, 2.05) is 17.5 Å². The molecule has 1 aliphatic heterocycles. The fourth-order valence-electron chi connectivity index (χ4n) is 2.37. The molecule has 0 atom stereocenters. The molecule has 1 amide bonds. The summed E-state index contributed by atoms with van der Waals surface area (Å²) in [6, 6.07) is 7.67. The van der Waals surface area contributed by atoms with E-state index < -0.39 is 0 Å². The number of aromatic nitrogens is 1. The van der Waals surface area contributed by atoms with Crippen LogP contribution in [0.1, 0.15) is 15.9 Å². The summed E-state index contributed by atoms with van der Waals surface area (Å²) in [7, 11) is 0. The second kappa shape index (κ2) is 5.31. The van der Waals surface area contributed by atoms with Gasteiger partial charge in [0.15, 0.2) is 5.13 Å². The van der Waals surface area contributed by atoms with E-state index in [-0.39, 0.29) is 5.91 Å². The lowest BCUT2D eigenvalue weighted by Gasteiger charge is -2.01. The lowest BCUT2D eigenvalue weighted by molar-refractivity contribution is 0.102. The summed E-state index contributed by atoms with van der Waals surface area (Å²) in [6.07, 6.45) is 3.80. The Bertz CT molecular complexity index is 824. The van der Waals surface area contributed by atoms with Crippen LogP contribution in [0.2, 0.25) is 0 Å². The Morgan fingerprint density at radius 3 is 3.14 bits per heavy atom. The highest BCUT2D eigenvalue weighted by Crippen LogP contribution is 2.32. The number of carbonyl (C=O) groups excluding carboxylic acids is 1. The first-order valence-electron chi connectivity index (χ1n) is 6.85. The van der Waals surface area contributed by atoms with Crippen molar-refractivity contribution in [1.29, 1.82) is 0 Å². The average molecular weight is 312 g/mol. The summed E-state index contributed by atoms with van der Waals surface area (Å²) in [4.78, 5) is 16.4. The van der Waals surface area contributed by atoms with Gasteiger partial charge in [0.1, 0.15) is 12.0 Å². The minimum atomic E-state index is -0.225. The highest BCUT2D eigenvalue weighted by atomic mass is 32.1. The van der Waals surface area contributed by atoms with Crippen LogP contribution in [0.5, 0.6) is 5.75 Å². The van der Waals surface area contributed by atoms with Crippen molar-refractivity contribution in [2.24, 2.45) is 0 Å². The van der Waals surface area contributed by atoms with Gasteiger partial charge in [0.2, 0.25) is 0 Å². The monoisotopic (exact) mass is 312 g/mol. The van der Waals surface area contributed by atoms with Gasteiger partial charge in [0.25, 0.3) is 5.91 Å².